The van der Waals surface area contributed by atoms with Crippen LogP contribution in [0.15, 0.2) is 0 Å². The van der Waals surface area contributed by atoms with Crippen LogP contribution >= 0.6 is 0 Å². The largest absolute Gasteiger partial charge is 0.379 e. The molecule has 106 valence electrons. The zero-order chi connectivity index (χ0) is 13.0. The van der Waals surface area contributed by atoms with Crippen molar-refractivity contribution >= 4 is 0 Å². The van der Waals surface area contributed by atoms with E-state index in [9.17, 15) is 0 Å². The highest BCUT2D eigenvalue weighted by Crippen LogP contribution is 2.42. The molecule has 1 aliphatic carbocycles. The highest BCUT2D eigenvalue weighted by Gasteiger charge is 2.48. The molecule has 2 rings (SSSR count). The smallest absolute Gasteiger partial charge is 0.0655 e. The van der Waals surface area contributed by atoms with E-state index in [0.29, 0.717) is 12.1 Å². The fourth-order valence-corrected chi connectivity index (χ4v) is 2.94. The Morgan fingerprint density at radius 1 is 1.33 bits per heavy atom. The molecule has 0 aromatic carbocycles. The van der Waals surface area contributed by atoms with Crippen molar-refractivity contribution in [2.75, 3.05) is 46.0 Å². The van der Waals surface area contributed by atoms with Crippen molar-refractivity contribution in [1.82, 2.24) is 10.2 Å². The van der Waals surface area contributed by atoms with Crippen LogP contribution in [0.4, 0.5) is 0 Å². The van der Waals surface area contributed by atoms with Crippen molar-refractivity contribution < 1.29 is 9.47 Å². The van der Waals surface area contributed by atoms with Gasteiger partial charge in [-0.3, -0.25) is 4.90 Å². The third kappa shape index (κ3) is 3.23. The predicted octanol–water partition coefficient (Wildman–Crippen LogP) is 1.11. The lowest BCUT2D eigenvalue weighted by Crippen LogP contribution is -2.61. The molecule has 1 saturated heterocycles. The molecule has 18 heavy (non-hydrogen) atoms. The molecule has 0 bridgehead atoms. The van der Waals surface area contributed by atoms with Crippen LogP contribution < -0.4 is 5.32 Å². The molecule has 0 radical (unpaired) electrons. The molecule has 1 N–H and O–H groups in total. The second-order valence-corrected chi connectivity index (χ2v) is 5.96. The monoisotopic (exact) mass is 256 g/mol. The molecule has 2 aliphatic rings. The van der Waals surface area contributed by atoms with Crippen molar-refractivity contribution in [3.05, 3.63) is 0 Å². The standard InChI is InChI=1S/C14H28N2O2/c1-4-18-13-11-12(14(13,2)3)15-5-6-16-7-9-17-10-8-16/h12-13,15H,4-11H2,1-3H3. The van der Waals surface area contributed by atoms with Gasteiger partial charge >= 0.3 is 0 Å². The quantitative estimate of drug-likeness (QED) is 0.772. The van der Waals surface area contributed by atoms with Crippen molar-refractivity contribution in [2.24, 2.45) is 5.41 Å². The molecular formula is C14H28N2O2. The topological polar surface area (TPSA) is 33.7 Å². The van der Waals surface area contributed by atoms with E-state index < -0.39 is 0 Å². The van der Waals surface area contributed by atoms with Crippen LogP contribution in [0.25, 0.3) is 0 Å². The van der Waals surface area contributed by atoms with Gasteiger partial charge in [-0.1, -0.05) is 13.8 Å². The summed E-state index contributed by atoms with van der Waals surface area (Å²) < 4.78 is 11.1. The summed E-state index contributed by atoms with van der Waals surface area (Å²) in [7, 11) is 0. The maximum atomic E-state index is 5.75. The molecule has 4 nitrogen and oxygen atoms in total. The molecule has 0 spiro atoms. The molecule has 1 aliphatic heterocycles. The Morgan fingerprint density at radius 2 is 2.06 bits per heavy atom. The van der Waals surface area contributed by atoms with Crippen molar-refractivity contribution in [3.63, 3.8) is 0 Å². The first-order valence-electron chi connectivity index (χ1n) is 7.29. The first-order chi connectivity index (χ1) is 8.64. The van der Waals surface area contributed by atoms with E-state index >= 15 is 0 Å². The van der Waals surface area contributed by atoms with E-state index in [1.54, 1.807) is 0 Å². The van der Waals surface area contributed by atoms with Gasteiger partial charge in [0.15, 0.2) is 0 Å². The van der Waals surface area contributed by atoms with Gasteiger partial charge in [0.1, 0.15) is 0 Å². The summed E-state index contributed by atoms with van der Waals surface area (Å²) in [6, 6.07) is 0.607. The number of hydrogen-bond acceptors (Lipinski definition) is 4. The Balaban J connectivity index is 1.62. The Kier molecular flexibility index (Phi) is 5.01. The third-order valence-corrected chi connectivity index (χ3v) is 4.47. The minimum absolute atomic E-state index is 0.279. The van der Waals surface area contributed by atoms with Gasteiger partial charge in [-0.25, -0.2) is 0 Å². The average molecular weight is 256 g/mol. The molecule has 2 unspecified atom stereocenters. The molecule has 2 fully saturated rings. The fourth-order valence-electron chi connectivity index (χ4n) is 2.94. The molecule has 0 aromatic heterocycles. The van der Waals surface area contributed by atoms with Gasteiger partial charge in [-0.15, -0.1) is 0 Å². The summed E-state index contributed by atoms with van der Waals surface area (Å²) in [5.41, 5.74) is 0.279. The normalized spacial score (nSPS) is 32.2. The van der Waals surface area contributed by atoms with Gasteiger partial charge in [0.05, 0.1) is 19.3 Å². The molecule has 0 aromatic rings. The van der Waals surface area contributed by atoms with E-state index in [0.717, 1.165) is 52.4 Å². The number of ether oxygens (including phenoxy) is 2. The van der Waals surface area contributed by atoms with Crippen LogP contribution in [0.1, 0.15) is 27.2 Å². The number of morpholine rings is 1. The van der Waals surface area contributed by atoms with E-state index in [1.165, 1.54) is 0 Å². The van der Waals surface area contributed by atoms with Crippen LogP contribution in [-0.2, 0) is 9.47 Å². The van der Waals surface area contributed by atoms with E-state index in [1.807, 2.05) is 0 Å². The lowest BCUT2D eigenvalue weighted by Gasteiger charge is -2.52. The van der Waals surface area contributed by atoms with Crippen molar-refractivity contribution in [3.8, 4) is 0 Å². The summed E-state index contributed by atoms with van der Waals surface area (Å²) in [5, 5.41) is 3.68. The Labute approximate surface area is 111 Å². The zero-order valence-electron chi connectivity index (χ0n) is 12.1. The van der Waals surface area contributed by atoms with Crippen molar-refractivity contribution in [1.29, 1.82) is 0 Å². The summed E-state index contributed by atoms with van der Waals surface area (Å²) in [5.74, 6) is 0. The van der Waals surface area contributed by atoms with Crippen LogP contribution in [-0.4, -0.2) is 63.0 Å². The minimum Gasteiger partial charge on any atom is -0.379 e. The van der Waals surface area contributed by atoms with Crippen LogP contribution in [0.3, 0.4) is 0 Å². The third-order valence-electron chi connectivity index (χ3n) is 4.47. The van der Waals surface area contributed by atoms with Gasteiger partial charge in [0, 0.05) is 44.2 Å². The van der Waals surface area contributed by atoms with Crippen molar-refractivity contribution in [2.45, 2.75) is 39.3 Å². The van der Waals surface area contributed by atoms with Crippen LogP contribution in [0.2, 0.25) is 0 Å². The maximum absolute atomic E-state index is 5.75. The fraction of sp³-hybridized carbons (Fsp3) is 1.00. The summed E-state index contributed by atoms with van der Waals surface area (Å²) in [4.78, 5) is 2.47. The summed E-state index contributed by atoms with van der Waals surface area (Å²) in [6.07, 6.45) is 1.59. The summed E-state index contributed by atoms with van der Waals surface area (Å²) in [6.45, 7) is 13.7. The molecule has 4 heteroatoms. The molecular weight excluding hydrogens is 228 g/mol. The second-order valence-electron chi connectivity index (χ2n) is 5.96. The predicted molar refractivity (Wildman–Crippen MR) is 72.9 cm³/mol. The van der Waals surface area contributed by atoms with E-state index in [-0.39, 0.29) is 5.41 Å². The van der Waals surface area contributed by atoms with Gasteiger partial charge in [0.25, 0.3) is 0 Å². The molecule has 2 atom stereocenters. The minimum atomic E-state index is 0.279. The average Bonchev–Trinajstić information content (AvgIpc) is 2.38. The Morgan fingerprint density at radius 3 is 2.67 bits per heavy atom. The highest BCUT2D eigenvalue weighted by molar-refractivity contribution is 5.02. The van der Waals surface area contributed by atoms with Gasteiger partial charge < -0.3 is 14.8 Å². The molecule has 1 heterocycles. The van der Waals surface area contributed by atoms with E-state index in [2.05, 4.69) is 31.0 Å². The number of hydrogen-bond donors (Lipinski definition) is 1. The van der Waals surface area contributed by atoms with Crippen LogP contribution in [0.5, 0.6) is 0 Å². The first-order valence-corrected chi connectivity index (χ1v) is 7.29. The lowest BCUT2D eigenvalue weighted by molar-refractivity contribution is -0.114. The number of nitrogens with one attached hydrogen (secondary N) is 1. The zero-order valence-corrected chi connectivity index (χ0v) is 12.1. The lowest BCUT2D eigenvalue weighted by atomic mass is 9.64. The van der Waals surface area contributed by atoms with E-state index in [4.69, 9.17) is 9.47 Å². The Bertz CT molecular complexity index is 252. The maximum Gasteiger partial charge on any atom is 0.0655 e. The first kappa shape index (κ1) is 14.3. The highest BCUT2D eigenvalue weighted by atomic mass is 16.5. The molecule has 1 saturated carbocycles. The van der Waals surface area contributed by atoms with Gasteiger partial charge in [0.2, 0.25) is 0 Å². The van der Waals surface area contributed by atoms with Gasteiger partial charge in [-0.2, -0.15) is 0 Å². The Hall–Kier alpha value is -0.160. The van der Waals surface area contributed by atoms with Gasteiger partial charge in [-0.05, 0) is 13.3 Å². The number of rotatable bonds is 6. The second kappa shape index (κ2) is 6.33. The summed E-state index contributed by atoms with van der Waals surface area (Å²) >= 11 is 0. The molecule has 0 amide bonds. The van der Waals surface area contributed by atoms with Crippen LogP contribution in [0, 0.1) is 5.41 Å². The number of nitrogens with zero attached hydrogens (tertiary/aromatic N) is 1. The SMILES string of the molecule is CCOC1CC(NCCN2CCOCC2)C1(C)C.